The number of nitrogens with one attached hydrogen (secondary N) is 1. The second-order valence-electron chi connectivity index (χ2n) is 5.15. The number of hydrogen-bond acceptors (Lipinski definition) is 3. The summed E-state index contributed by atoms with van der Waals surface area (Å²) in [5, 5.41) is 13.4. The molecule has 21 heavy (non-hydrogen) atoms. The maximum absolute atomic E-state index is 9.56. The van der Waals surface area contributed by atoms with Crippen LogP contribution in [0, 0.1) is 0 Å². The van der Waals surface area contributed by atoms with E-state index in [4.69, 9.17) is 11.6 Å². The molecule has 0 radical (unpaired) electrons. The third-order valence-corrected chi connectivity index (χ3v) is 4.08. The molecule has 0 bridgehead atoms. The van der Waals surface area contributed by atoms with Crippen LogP contribution in [0.4, 0.5) is 0 Å². The van der Waals surface area contributed by atoms with Crippen molar-refractivity contribution < 1.29 is 5.11 Å². The third kappa shape index (κ3) is 5.84. The maximum Gasteiger partial charge on any atom is 0.134 e. The van der Waals surface area contributed by atoms with Gasteiger partial charge in [-0.1, -0.05) is 37.4 Å². The SMILES string of the molecule is CCCC[C@H](c1ccc(O)c(Cl)c1)N1CCNCC1.Cl.Cl. The average molecular weight is 356 g/mol. The molecule has 1 fully saturated rings. The molecule has 0 spiro atoms. The predicted molar refractivity (Wildman–Crippen MR) is 94.3 cm³/mol. The first kappa shape index (κ1) is 20.8. The highest BCUT2D eigenvalue weighted by atomic mass is 35.5. The topological polar surface area (TPSA) is 35.5 Å². The molecule has 2 N–H and O–H groups in total. The highest BCUT2D eigenvalue weighted by molar-refractivity contribution is 6.32. The Balaban J connectivity index is 0.00000200. The number of rotatable bonds is 5. The summed E-state index contributed by atoms with van der Waals surface area (Å²) in [6.45, 7) is 6.47. The molecule has 1 saturated heterocycles. The highest BCUT2D eigenvalue weighted by Gasteiger charge is 2.22. The first-order valence-corrected chi connectivity index (χ1v) is 7.53. The van der Waals surface area contributed by atoms with Crippen molar-refractivity contribution in [3.63, 3.8) is 0 Å². The van der Waals surface area contributed by atoms with Gasteiger partial charge in [-0.05, 0) is 24.1 Å². The number of halogens is 3. The Morgan fingerprint density at radius 3 is 2.52 bits per heavy atom. The van der Waals surface area contributed by atoms with E-state index in [2.05, 4.69) is 17.1 Å². The number of benzene rings is 1. The van der Waals surface area contributed by atoms with Gasteiger partial charge in [0.25, 0.3) is 0 Å². The van der Waals surface area contributed by atoms with Gasteiger partial charge in [0.15, 0.2) is 0 Å². The Bertz CT molecular complexity index is 412. The van der Waals surface area contributed by atoms with Crippen molar-refractivity contribution >= 4 is 36.4 Å². The Labute approximate surface area is 144 Å². The fourth-order valence-electron chi connectivity index (χ4n) is 2.68. The van der Waals surface area contributed by atoms with Crippen molar-refractivity contribution in [1.82, 2.24) is 10.2 Å². The van der Waals surface area contributed by atoms with Gasteiger partial charge in [-0.3, -0.25) is 4.90 Å². The molecule has 0 aromatic heterocycles. The minimum absolute atomic E-state index is 0. The summed E-state index contributed by atoms with van der Waals surface area (Å²) < 4.78 is 0. The molecule has 1 aromatic carbocycles. The summed E-state index contributed by atoms with van der Waals surface area (Å²) in [6, 6.07) is 6.04. The quantitative estimate of drug-likeness (QED) is 0.837. The Morgan fingerprint density at radius 1 is 1.29 bits per heavy atom. The fraction of sp³-hybridized carbons (Fsp3) is 0.600. The van der Waals surface area contributed by atoms with Gasteiger partial charge in [0, 0.05) is 32.2 Å². The zero-order valence-corrected chi connectivity index (χ0v) is 14.7. The number of aromatic hydroxyl groups is 1. The fourth-order valence-corrected chi connectivity index (χ4v) is 2.87. The van der Waals surface area contributed by atoms with Crippen LogP contribution in [0.2, 0.25) is 5.02 Å². The molecule has 1 aromatic rings. The molecule has 1 aliphatic heterocycles. The molecule has 1 atom stereocenters. The number of piperazine rings is 1. The van der Waals surface area contributed by atoms with E-state index in [1.54, 1.807) is 6.07 Å². The second-order valence-corrected chi connectivity index (χ2v) is 5.56. The summed E-state index contributed by atoms with van der Waals surface area (Å²) in [7, 11) is 0. The molecule has 1 heterocycles. The first-order valence-electron chi connectivity index (χ1n) is 7.15. The predicted octanol–water partition coefficient (Wildman–Crippen LogP) is 4.03. The van der Waals surface area contributed by atoms with Gasteiger partial charge < -0.3 is 10.4 Å². The Morgan fingerprint density at radius 2 is 1.95 bits per heavy atom. The van der Waals surface area contributed by atoms with Gasteiger partial charge in [0.1, 0.15) is 5.75 Å². The van der Waals surface area contributed by atoms with E-state index in [-0.39, 0.29) is 30.6 Å². The van der Waals surface area contributed by atoms with Gasteiger partial charge in [0.2, 0.25) is 0 Å². The van der Waals surface area contributed by atoms with E-state index in [0.717, 1.165) is 32.6 Å². The normalized spacial score (nSPS) is 16.7. The number of phenolic OH excluding ortho intramolecular Hbond substituents is 1. The Hall–Kier alpha value is -0.190. The largest absolute Gasteiger partial charge is 0.506 e. The second kappa shape index (κ2) is 10.5. The minimum Gasteiger partial charge on any atom is -0.506 e. The van der Waals surface area contributed by atoms with Crippen molar-refractivity contribution in [3.05, 3.63) is 28.8 Å². The molecule has 0 amide bonds. The standard InChI is InChI=1S/C15H23ClN2O.2ClH/c1-2-3-4-14(18-9-7-17-8-10-18)12-5-6-15(19)13(16)11-12;;/h5-6,11,14,17,19H,2-4,7-10H2,1H3;2*1H/t14-;;/m1../s1. The van der Waals surface area contributed by atoms with Crippen LogP contribution in [-0.2, 0) is 0 Å². The van der Waals surface area contributed by atoms with Crippen LogP contribution in [0.25, 0.3) is 0 Å². The summed E-state index contributed by atoms with van der Waals surface area (Å²) in [6.07, 6.45) is 3.57. The Kier molecular flexibility index (Phi) is 10.4. The molecule has 0 unspecified atom stereocenters. The van der Waals surface area contributed by atoms with Crippen LogP contribution < -0.4 is 5.32 Å². The van der Waals surface area contributed by atoms with E-state index < -0.39 is 0 Å². The monoisotopic (exact) mass is 354 g/mol. The molecule has 0 aliphatic carbocycles. The van der Waals surface area contributed by atoms with Gasteiger partial charge in [-0.15, -0.1) is 24.8 Å². The molecule has 122 valence electrons. The van der Waals surface area contributed by atoms with Gasteiger partial charge >= 0.3 is 0 Å². The van der Waals surface area contributed by atoms with Crippen molar-refractivity contribution in [1.29, 1.82) is 0 Å². The van der Waals surface area contributed by atoms with Crippen LogP contribution in [0.3, 0.4) is 0 Å². The lowest BCUT2D eigenvalue weighted by molar-refractivity contribution is 0.163. The zero-order chi connectivity index (χ0) is 13.7. The highest BCUT2D eigenvalue weighted by Crippen LogP contribution is 2.32. The van der Waals surface area contributed by atoms with Crippen molar-refractivity contribution in [2.45, 2.75) is 32.2 Å². The summed E-state index contributed by atoms with van der Waals surface area (Å²) in [4.78, 5) is 2.52. The minimum atomic E-state index is 0. The lowest BCUT2D eigenvalue weighted by Gasteiger charge is -2.35. The summed E-state index contributed by atoms with van der Waals surface area (Å²) in [5.74, 6) is 0.167. The van der Waals surface area contributed by atoms with E-state index in [0.29, 0.717) is 11.1 Å². The maximum atomic E-state index is 9.56. The van der Waals surface area contributed by atoms with E-state index >= 15 is 0 Å². The molecular weight excluding hydrogens is 331 g/mol. The lowest BCUT2D eigenvalue weighted by atomic mass is 9.98. The van der Waals surface area contributed by atoms with Gasteiger partial charge in [-0.2, -0.15) is 0 Å². The zero-order valence-electron chi connectivity index (χ0n) is 12.3. The molecule has 2 rings (SSSR count). The summed E-state index contributed by atoms with van der Waals surface area (Å²) in [5.41, 5.74) is 1.22. The number of unbranched alkanes of at least 4 members (excludes halogenated alkanes) is 1. The van der Waals surface area contributed by atoms with Gasteiger partial charge in [-0.25, -0.2) is 0 Å². The van der Waals surface area contributed by atoms with Crippen LogP contribution in [0.1, 0.15) is 37.8 Å². The van der Waals surface area contributed by atoms with Crippen molar-refractivity contribution in [3.8, 4) is 5.75 Å². The first-order chi connectivity index (χ1) is 9.22. The molecule has 3 nitrogen and oxygen atoms in total. The smallest absolute Gasteiger partial charge is 0.134 e. The summed E-state index contributed by atoms with van der Waals surface area (Å²) >= 11 is 6.05. The van der Waals surface area contributed by atoms with Crippen LogP contribution >= 0.6 is 36.4 Å². The van der Waals surface area contributed by atoms with Crippen LogP contribution in [0.5, 0.6) is 5.75 Å². The molecular formula is C15H25Cl3N2O. The molecule has 6 heteroatoms. The van der Waals surface area contributed by atoms with E-state index in [1.165, 1.54) is 18.4 Å². The van der Waals surface area contributed by atoms with Crippen molar-refractivity contribution in [2.75, 3.05) is 26.2 Å². The number of nitrogens with zero attached hydrogens (tertiary/aromatic N) is 1. The molecule has 1 aliphatic rings. The number of phenols is 1. The van der Waals surface area contributed by atoms with E-state index in [9.17, 15) is 5.11 Å². The number of hydrogen-bond donors (Lipinski definition) is 2. The van der Waals surface area contributed by atoms with Crippen LogP contribution in [0.15, 0.2) is 18.2 Å². The van der Waals surface area contributed by atoms with Crippen LogP contribution in [-0.4, -0.2) is 36.2 Å². The van der Waals surface area contributed by atoms with E-state index in [1.807, 2.05) is 12.1 Å². The third-order valence-electron chi connectivity index (χ3n) is 3.78. The molecule has 0 saturated carbocycles. The van der Waals surface area contributed by atoms with Gasteiger partial charge in [0.05, 0.1) is 5.02 Å². The van der Waals surface area contributed by atoms with Crippen molar-refractivity contribution in [2.24, 2.45) is 0 Å². The average Bonchev–Trinajstić information content (AvgIpc) is 2.44. The lowest BCUT2D eigenvalue weighted by Crippen LogP contribution is -2.45.